The number of benzene rings is 1. The highest BCUT2D eigenvalue weighted by Gasteiger charge is 2.51. The van der Waals surface area contributed by atoms with Crippen LogP contribution in [0.25, 0.3) is 5.65 Å². The van der Waals surface area contributed by atoms with Gasteiger partial charge >= 0.3 is 17.7 Å². The average molecular weight is 578 g/mol. The van der Waals surface area contributed by atoms with Gasteiger partial charge in [0.25, 0.3) is 5.91 Å². The molecular weight excluding hydrogens is 558 g/mol. The number of aryl methyl sites for hydroxylation is 1. The van der Waals surface area contributed by atoms with Crippen LogP contribution >= 0.6 is 12.2 Å². The average Bonchev–Trinajstić information content (AvgIpc) is 3.05. The van der Waals surface area contributed by atoms with Gasteiger partial charge in [0.2, 0.25) is 5.75 Å². The van der Waals surface area contributed by atoms with Crippen LogP contribution in [-0.4, -0.2) is 43.6 Å². The van der Waals surface area contributed by atoms with Crippen molar-refractivity contribution in [3.63, 3.8) is 0 Å². The number of hydrogen-bond donors (Lipinski definition) is 1. The Labute approximate surface area is 228 Å². The molecule has 0 spiro atoms. The molecule has 3 heterocycles. The number of aromatic nitrogens is 2. The number of carboxylic acids is 1. The molecule has 4 rings (SSSR count). The van der Waals surface area contributed by atoms with Gasteiger partial charge < -0.3 is 14.7 Å². The summed E-state index contributed by atoms with van der Waals surface area (Å²) in [6.07, 6.45) is -3.65. The molecular formula is C25H19F4N5O5S. The van der Waals surface area contributed by atoms with E-state index in [2.05, 4.69) is 4.98 Å². The first-order valence-corrected chi connectivity index (χ1v) is 11.9. The number of amides is 1. The van der Waals surface area contributed by atoms with E-state index < -0.39 is 64.1 Å². The van der Waals surface area contributed by atoms with Crippen LogP contribution in [0.2, 0.25) is 0 Å². The fraction of sp³-hybridized carbons (Fsp3) is 0.280. The molecule has 0 bridgehead atoms. The van der Waals surface area contributed by atoms with Gasteiger partial charge in [-0.15, -0.1) is 0 Å². The molecule has 1 amide bonds. The van der Waals surface area contributed by atoms with Crippen molar-refractivity contribution < 1.29 is 37.0 Å². The van der Waals surface area contributed by atoms with Crippen molar-refractivity contribution in [1.82, 2.24) is 9.38 Å². The second-order valence-electron chi connectivity index (χ2n) is 9.13. The molecule has 1 fully saturated rings. The van der Waals surface area contributed by atoms with E-state index in [-0.39, 0.29) is 28.6 Å². The van der Waals surface area contributed by atoms with Crippen molar-refractivity contribution in [3.8, 4) is 11.8 Å². The van der Waals surface area contributed by atoms with Gasteiger partial charge in [-0.25, -0.2) is 14.2 Å². The first kappa shape index (κ1) is 28.4. The Morgan fingerprint density at radius 2 is 1.90 bits per heavy atom. The lowest BCUT2D eigenvalue weighted by molar-refractivity contribution is -0.139. The number of carbonyl (C=O) groups excluding carboxylic acids is 1. The van der Waals surface area contributed by atoms with Crippen molar-refractivity contribution >= 4 is 46.2 Å². The molecule has 0 unspecified atom stereocenters. The fourth-order valence-electron chi connectivity index (χ4n) is 4.31. The van der Waals surface area contributed by atoms with Gasteiger partial charge in [0.05, 0.1) is 34.3 Å². The first-order valence-electron chi connectivity index (χ1n) is 11.5. The molecule has 2 aromatic heterocycles. The number of thiocarbonyl (C=S) groups is 1. The van der Waals surface area contributed by atoms with Crippen LogP contribution in [0.3, 0.4) is 0 Å². The van der Waals surface area contributed by atoms with Gasteiger partial charge in [0.1, 0.15) is 5.54 Å². The normalized spacial score (nSPS) is 15.1. The minimum atomic E-state index is -4.89. The molecule has 0 saturated carbocycles. The SMILES string of the molecule is CCc1nc2c(F)cc(N3C(=S)N(c4ccc(C#N)c(C(F)(F)F)c4)C(=O)C3(C)C)cn2c(=O)c1OCC(=O)O. The summed E-state index contributed by atoms with van der Waals surface area (Å²) >= 11 is 5.45. The smallest absolute Gasteiger partial charge is 0.417 e. The topological polar surface area (TPSA) is 128 Å². The van der Waals surface area contributed by atoms with Gasteiger partial charge in [0, 0.05) is 12.3 Å². The van der Waals surface area contributed by atoms with Crippen LogP contribution < -0.4 is 20.1 Å². The van der Waals surface area contributed by atoms with E-state index >= 15 is 4.39 Å². The lowest BCUT2D eigenvalue weighted by atomic mass is 10.0. The number of carboxylic acid groups (broad SMARTS) is 1. The molecule has 40 heavy (non-hydrogen) atoms. The van der Waals surface area contributed by atoms with Crippen LogP contribution in [0.1, 0.15) is 37.6 Å². The number of carbonyl (C=O) groups is 2. The van der Waals surface area contributed by atoms with E-state index in [0.717, 1.165) is 38.6 Å². The molecule has 1 aliphatic rings. The van der Waals surface area contributed by atoms with E-state index in [9.17, 15) is 27.6 Å². The number of pyridine rings is 1. The minimum Gasteiger partial charge on any atom is -0.479 e. The summed E-state index contributed by atoms with van der Waals surface area (Å²) in [6, 6.07) is 5.08. The zero-order valence-electron chi connectivity index (χ0n) is 21.0. The number of rotatable bonds is 6. The predicted molar refractivity (Wildman–Crippen MR) is 137 cm³/mol. The van der Waals surface area contributed by atoms with Gasteiger partial charge in [-0.05, 0) is 50.7 Å². The number of fused-ring (bicyclic) bond motifs is 1. The minimum absolute atomic E-state index is 0.0255. The lowest BCUT2D eigenvalue weighted by Crippen LogP contribution is -2.44. The molecule has 0 atom stereocenters. The van der Waals surface area contributed by atoms with Gasteiger partial charge in [-0.2, -0.15) is 18.4 Å². The van der Waals surface area contributed by atoms with Crippen molar-refractivity contribution in [1.29, 1.82) is 5.26 Å². The maximum absolute atomic E-state index is 15.3. The van der Waals surface area contributed by atoms with E-state index in [4.69, 9.17) is 27.3 Å². The van der Waals surface area contributed by atoms with Crippen LogP contribution in [0, 0.1) is 17.1 Å². The van der Waals surface area contributed by atoms with Gasteiger partial charge in [-0.3, -0.25) is 18.9 Å². The summed E-state index contributed by atoms with van der Waals surface area (Å²) in [7, 11) is 0. The van der Waals surface area contributed by atoms with E-state index in [0.29, 0.717) is 6.07 Å². The Balaban J connectivity index is 1.87. The van der Waals surface area contributed by atoms with Crippen LogP contribution in [0.15, 0.2) is 35.3 Å². The third-order valence-electron chi connectivity index (χ3n) is 6.18. The Morgan fingerprint density at radius 1 is 1.23 bits per heavy atom. The quantitative estimate of drug-likeness (QED) is 0.345. The fourth-order valence-corrected chi connectivity index (χ4v) is 4.84. The second-order valence-corrected chi connectivity index (χ2v) is 9.49. The van der Waals surface area contributed by atoms with Crippen LogP contribution in [-0.2, 0) is 22.2 Å². The largest absolute Gasteiger partial charge is 0.479 e. The number of anilines is 2. The maximum atomic E-state index is 15.3. The molecule has 10 nitrogen and oxygen atoms in total. The number of hydrogen-bond acceptors (Lipinski definition) is 7. The molecule has 3 aromatic rings. The Bertz CT molecular complexity index is 1700. The van der Waals surface area contributed by atoms with Crippen molar-refractivity contribution in [3.05, 3.63) is 63.5 Å². The molecule has 0 aliphatic carbocycles. The summed E-state index contributed by atoms with van der Waals surface area (Å²) < 4.78 is 62.0. The van der Waals surface area contributed by atoms with E-state index in [1.165, 1.54) is 19.9 Å². The highest BCUT2D eigenvalue weighted by Crippen LogP contribution is 2.40. The maximum Gasteiger partial charge on any atom is 0.417 e. The Morgan fingerprint density at radius 3 is 2.48 bits per heavy atom. The van der Waals surface area contributed by atoms with E-state index in [1.54, 1.807) is 6.92 Å². The van der Waals surface area contributed by atoms with Crippen molar-refractivity contribution in [2.75, 3.05) is 16.4 Å². The third kappa shape index (κ3) is 4.60. The summed E-state index contributed by atoms with van der Waals surface area (Å²) in [4.78, 5) is 43.7. The highest BCUT2D eigenvalue weighted by molar-refractivity contribution is 7.81. The summed E-state index contributed by atoms with van der Waals surface area (Å²) in [5, 5.41) is 17.7. The van der Waals surface area contributed by atoms with Gasteiger partial charge in [-0.1, -0.05) is 6.92 Å². The number of alkyl halides is 3. The zero-order chi connectivity index (χ0) is 29.7. The lowest BCUT2D eigenvalue weighted by Gasteiger charge is -2.29. The number of halogens is 4. The monoisotopic (exact) mass is 577 g/mol. The molecule has 0 radical (unpaired) electrons. The van der Waals surface area contributed by atoms with Gasteiger partial charge in [0.15, 0.2) is 23.2 Å². The first-order chi connectivity index (χ1) is 18.6. The standard InChI is InChI=1S/C25H19F4N5O5S/c1-4-17-19(39-11-18(35)36)21(37)32-10-14(8-16(26)20(32)31-17)34-23(40)33(22(38)24(34,2)3)13-6-5-12(9-30)15(7-13)25(27,28)29/h5-8,10H,4,11H2,1-3H3,(H,35,36). The van der Waals surface area contributed by atoms with E-state index in [1.807, 2.05) is 0 Å². The molecule has 15 heteroatoms. The van der Waals surface area contributed by atoms with Crippen LogP contribution in [0.5, 0.6) is 5.75 Å². The predicted octanol–water partition coefficient (Wildman–Crippen LogP) is 3.67. The van der Waals surface area contributed by atoms with Crippen molar-refractivity contribution in [2.45, 2.75) is 38.9 Å². The highest BCUT2D eigenvalue weighted by atomic mass is 32.1. The number of nitrogens with zero attached hydrogens (tertiary/aromatic N) is 5. The summed E-state index contributed by atoms with van der Waals surface area (Å²) in [6.45, 7) is 3.56. The molecule has 1 saturated heterocycles. The van der Waals surface area contributed by atoms with Crippen LogP contribution in [0.4, 0.5) is 28.9 Å². The number of aliphatic carboxylic acids is 1. The zero-order valence-corrected chi connectivity index (χ0v) is 21.9. The molecule has 1 aromatic carbocycles. The molecule has 1 aliphatic heterocycles. The summed E-state index contributed by atoms with van der Waals surface area (Å²) in [5.41, 5.74) is -5.16. The van der Waals surface area contributed by atoms with Crippen molar-refractivity contribution in [2.24, 2.45) is 0 Å². The molecule has 208 valence electrons. The number of nitriles is 1. The molecule has 1 N–H and O–H groups in total. The Hall–Kier alpha value is -4.58. The Kier molecular flexibility index (Phi) is 7.01. The number of ether oxygens (including phenoxy) is 1. The third-order valence-corrected chi connectivity index (χ3v) is 6.55. The summed E-state index contributed by atoms with van der Waals surface area (Å²) in [5.74, 6) is -3.51. The second kappa shape index (κ2) is 9.87.